The lowest BCUT2D eigenvalue weighted by molar-refractivity contribution is 0.0701. The first kappa shape index (κ1) is 20.3. The molecule has 0 aliphatic rings. The molecular formula is C23H15N5O4. The van der Waals surface area contributed by atoms with E-state index in [-0.39, 0.29) is 23.0 Å². The summed E-state index contributed by atoms with van der Waals surface area (Å²) in [6.07, 6.45) is 2.85. The molecule has 0 unspecified atom stereocenters. The van der Waals surface area contributed by atoms with E-state index in [1.807, 2.05) is 12.1 Å². The highest BCUT2D eigenvalue weighted by Gasteiger charge is 2.13. The van der Waals surface area contributed by atoms with Gasteiger partial charge in [-0.05, 0) is 29.8 Å². The SMILES string of the molecule is N#Cc1c(-c2ccccc2)nc(NN=Cc2cccc(OC(=O)c3ccco3)c2)[nH]c1=O. The minimum absolute atomic E-state index is 0.0736. The van der Waals surface area contributed by atoms with E-state index in [1.165, 1.54) is 18.5 Å². The highest BCUT2D eigenvalue weighted by atomic mass is 16.5. The molecule has 0 saturated heterocycles. The first-order valence-electron chi connectivity index (χ1n) is 9.39. The first-order valence-corrected chi connectivity index (χ1v) is 9.39. The number of carbonyl (C=O) groups is 1. The van der Waals surface area contributed by atoms with Gasteiger partial charge >= 0.3 is 5.97 Å². The summed E-state index contributed by atoms with van der Waals surface area (Å²) in [6.45, 7) is 0. The van der Waals surface area contributed by atoms with Gasteiger partial charge in [-0.25, -0.2) is 15.2 Å². The van der Waals surface area contributed by atoms with Crippen LogP contribution in [-0.2, 0) is 0 Å². The molecule has 0 amide bonds. The van der Waals surface area contributed by atoms with Gasteiger partial charge in [0.2, 0.25) is 11.7 Å². The Morgan fingerprint density at radius 2 is 2.00 bits per heavy atom. The molecule has 0 atom stereocenters. The second-order valence-electron chi connectivity index (χ2n) is 6.43. The molecule has 0 bridgehead atoms. The van der Waals surface area contributed by atoms with E-state index >= 15 is 0 Å². The molecule has 2 N–H and O–H groups in total. The van der Waals surface area contributed by atoms with E-state index in [1.54, 1.807) is 54.6 Å². The summed E-state index contributed by atoms with van der Waals surface area (Å²) in [7, 11) is 0. The number of hydrogen-bond acceptors (Lipinski definition) is 8. The quantitative estimate of drug-likeness (QED) is 0.209. The molecule has 32 heavy (non-hydrogen) atoms. The van der Waals surface area contributed by atoms with E-state index < -0.39 is 11.5 Å². The number of benzene rings is 2. The zero-order valence-electron chi connectivity index (χ0n) is 16.5. The number of nitriles is 1. The number of anilines is 1. The highest BCUT2D eigenvalue weighted by molar-refractivity contribution is 5.88. The number of nitrogens with zero attached hydrogens (tertiary/aromatic N) is 3. The van der Waals surface area contributed by atoms with Crippen molar-refractivity contribution in [2.75, 3.05) is 5.43 Å². The Kier molecular flexibility index (Phi) is 5.86. The van der Waals surface area contributed by atoms with Crippen LogP contribution in [0.15, 0.2) is 87.3 Å². The molecule has 0 fully saturated rings. The Morgan fingerprint density at radius 3 is 2.75 bits per heavy atom. The van der Waals surface area contributed by atoms with E-state index in [0.717, 1.165) is 0 Å². The molecule has 2 aromatic carbocycles. The predicted octanol–water partition coefficient (Wildman–Crippen LogP) is 3.57. The van der Waals surface area contributed by atoms with Crippen LogP contribution < -0.4 is 15.7 Å². The first-order chi connectivity index (χ1) is 15.6. The van der Waals surface area contributed by atoms with Crippen LogP contribution in [-0.4, -0.2) is 22.2 Å². The van der Waals surface area contributed by atoms with Crippen molar-refractivity contribution < 1.29 is 13.9 Å². The smallest absolute Gasteiger partial charge is 0.379 e. The fraction of sp³-hybridized carbons (Fsp3) is 0. The summed E-state index contributed by atoms with van der Waals surface area (Å²) in [5.74, 6) is -0.137. The standard InChI is InChI=1S/C23H15N5O4/c24-13-18-20(16-7-2-1-3-8-16)26-23(27-21(18)29)28-25-14-15-6-4-9-17(12-15)32-22(30)19-10-5-11-31-19/h1-12,14H,(H2,26,27,28,29). The monoisotopic (exact) mass is 425 g/mol. The van der Waals surface area contributed by atoms with Crippen LogP contribution in [0, 0.1) is 11.3 Å². The topological polar surface area (TPSA) is 133 Å². The third-order valence-corrected chi connectivity index (χ3v) is 4.25. The maximum Gasteiger partial charge on any atom is 0.379 e. The number of nitrogens with one attached hydrogen (secondary N) is 2. The van der Waals surface area contributed by atoms with Crippen LogP contribution in [0.2, 0.25) is 0 Å². The lowest BCUT2D eigenvalue weighted by atomic mass is 10.1. The molecule has 2 heterocycles. The van der Waals surface area contributed by atoms with Crippen LogP contribution in [0.5, 0.6) is 5.75 Å². The molecule has 4 rings (SSSR count). The van der Waals surface area contributed by atoms with Crippen molar-refractivity contribution in [1.82, 2.24) is 9.97 Å². The predicted molar refractivity (Wildman–Crippen MR) is 116 cm³/mol. The third kappa shape index (κ3) is 4.60. The van der Waals surface area contributed by atoms with Gasteiger partial charge < -0.3 is 9.15 Å². The normalized spacial score (nSPS) is 10.6. The molecule has 156 valence electrons. The number of esters is 1. The maximum absolute atomic E-state index is 12.3. The van der Waals surface area contributed by atoms with E-state index in [4.69, 9.17) is 9.15 Å². The number of H-pyrrole nitrogens is 1. The van der Waals surface area contributed by atoms with Crippen molar-refractivity contribution in [2.45, 2.75) is 0 Å². The number of hydrogen-bond donors (Lipinski definition) is 2. The number of ether oxygens (including phenoxy) is 1. The lowest BCUT2D eigenvalue weighted by Gasteiger charge is -2.06. The van der Waals surface area contributed by atoms with Gasteiger partial charge in [0.05, 0.1) is 18.2 Å². The zero-order chi connectivity index (χ0) is 22.3. The van der Waals surface area contributed by atoms with Gasteiger partial charge in [0.25, 0.3) is 5.56 Å². The zero-order valence-corrected chi connectivity index (χ0v) is 16.5. The number of carbonyl (C=O) groups excluding carboxylic acids is 1. The van der Waals surface area contributed by atoms with Crippen molar-refractivity contribution in [3.05, 3.63) is 100 Å². The minimum Gasteiger partial charge on any atom is -0.457 e. The van der Waals surface area contributed by atoms with Crippen molar-refractivity contribution in [1.29, 1.82) is 5.26 Å². The summed E-state index contributed by atoms with van der Waals surface area (Å²) < 4.78 is 10.3. The number of aromatic nitrogens is 2. The van der Waals surface area contributed by atoms with Gasteiger partial charge in [0.15, 0.2) is 0 Å². The highest BCUT2D eigenvalue weighted by Crippen LogP contribution is 2.19. The molecule has 0 radical (unpaired) electrons. The molecule has 9 nitrogen and oxygen atoms in total. The van der Waals surface area contributed by atoms with Gasteiger partial charge in [0.1, 0.15) is 17.4 Å². The van der Waals surface area contributed by atoms with E-state index in [9.17, 15) is 14.9 Å². The second kappa shape index (κ2) is 9.23. The van der Waals surface area contributed by atoms with Crippen molar-refractivity contribution in [2.24, 2.45) is 5.10 Å². The fourth-order valence-electron chi connectivity index (χ4n) is 2.81. The lowest BCUT2D eigenvalue weighted by Crippen LogP contribution is -2.16. The summed E-state index contributed by atoms with van der Waals surface area (Å²) >= 11 is 0. The fourth-order valence-corrected chi connectivity index (χ4v) is 2.81. The summed E-state index contributed by atoms with van der Waals surface area (Å²) in [4.78, 5) is 31.1. The van der Waals surface area contributed by atoms with Crippen LogP contribution >= 0.6 is 0 Å². The van der Waals surface area contributed by atoms with Gasteiger partial charge in [-0.2, -0.15) is 10.4 Å². The van der Waals surface area contributed by atoms with Crippen molar-refractivity contribution in [3.8, 4) is 23.1 Å². The minimum atomic E-state index is -0.616. The number of hydrazone groups is 1. The van der Waals surface area contributed by atoms with Crippen molar-refractivity contribution >= 4 is 18.1 Å². The van der Waals surface area contributed by atoms with Gasteiger partial charge in [-0.1, -0.05) is 42.5 Å². The average Bonchev–Trinajstić information content (AvgIpc) is 3.35. The molecule has 0 aliphatic heterocycles. The van der Waals surface area contributed by atoms with E-state index in [2.05, 4.69) is 20.5 Å². The summed E-state index contributed by atoms with van der Waals surface area (Å²) in [5, 5.41) is 13.4. The van der Waals surface area contributed by atoms with Gasteiger partial charge in [-0.3, -0.25) is 9.78 Å². The van der Waals surface area contributed by atoms with Crippen LogP contribution in [0.3, 0.4) is 0 Å². The number of aromatic amines is 1. The Morgan fingerprint density at radius 1 is 1.16 bits per heavy atom. The number of furan rings is 1. The maximum atomic E-state index is 12.3. The summed E-state index contributed by atoms with van der Waals surface area (Å²) in [5.41, 5.74) is 3.49. The Balaban J connectivity index is 1.51. The van der Waals surface area contributed by atoms with Gasteiger partial charge in [0, 0.05) is 5.56 Å². The number of rotatable bonds is 6. The van der Waals surface area contributed by atoms with Crippen LogP contribution in [0.25, 0.3) is 11.3 Å². The molecule has 0 saturated carbocycles. The molecule has 2 aromatic heterocycles. The Labute approximate surface area is 181 Å². The van der Waals surface area contributed by atoms with E-state index in [0.29, 0.717) is 16.9 Å². The molecule has 0 aliphatic carbocycles. The van der Waals surface area contributed by atoms with Crippen LogP contribution in [0.1, 0.15) is 21.7 Å². The molecule has 0 spiro atoms. The van der Waals surface area contributed by atoms with Crippen LogP contribution in [0.4, 0.5) is 5.95 Å². The molecular weight excluding hydrogens is 410 g/mol. The molecule has 4 aromatic rings. The van der Waals surface area contributed by atoms with Crippen molar-refractivity contribution in [3.63, 3.8) is 0 Å². The third-order valence-electron chi connectivity index (χ3n) is 4.25. The second-order valence-corrected chi connectivity index (χ2v) is 6.43. The Bertz CT molecular complexity index is 1370. The average molecular weight is 425 g/mol. The molecule has 9 heteroatoms. The Hall–Kier alpha value is -4.97. The largest absolute Gasteiger partial charge is 0.457 e. The van der Waals surface area contributed by atoms with Gasteiger partial charge in [-0.15, -0.1) is 0 Å². The summed E-state index contributed by atoms with van der Waals surface area (Å²) in [6, 6.07) is 20.6.